The summed E-state index contributed by atoms with van der Waals surface area (Å²) in [5.74, 6) is 0.565. The van der Waals surface area contributed by atoms with E-state index < -0.39 is 0 Å². The molecule has 1 amide bonds. The highest BCUT2D eigenvalue weighted by atomic mass is 16.5. The molecular formula is C23H23N5O3. The maximum Gasteiger partial charge on any atom is 0.252 e. The third-order valence-corrected chi connectivity index (χ3v) is 5.27. The van der Waals surface area contributed by atoms with Gasteiger partial charge in [0, 0.05) is 26.5 Å². The maximum atomic E-state index is 12.2. The van der Waals surface area contributed by atoms with Crippen molar-refractivity contribution >= 4 is 5.91 Å². The average Bonchev–Trinajstić information content (AvgIpc) is 3.58. The predicted molar refractivity (Wildman–Crippen MR) is 114 cm³/mol. The molecule has 31 heavy (non-hydrogen) atoms. The van der Waals surface area contributed by atoms with Crippen LogP contribution in [0.1, 0.15) is 46.7 Å². The fraction of sp³-hybridized carbons (Fsp3) is 0.304. The molecule has 0 spiro atoms. The smallest absolute Gasteiger partial charge is 0.252 e. The van der Waals surface area contributed by atoms with Gasteiger partial charge in [0.15, 0.2) is 5.82 Å². The van der Waals surface area contributed by atoms with Crippen LogP contribution in [0, 0.1) is 11.3 Å². The van der Waals surface area contributed by atoms with Gasteiger partial charge in [-0.25, -0.2) is 4.98 Å². The van der Waals surface area contributed by atoms with E-state index in [0.29, 0.717) is 41.6 Å². The number of nitriles is 1. The first kappa shape index (κ1) is 20.6. The normalized spacial score (nSPS) is 13.0. The topological polar surface area (TPSA) is 113 Å². The lowest BCUT2D eigenvalue weighted by Gasteiger charge is -2.09. The highest BCUT2D eigenvalue weighted by molar-refractivity contribution is 5.93. The number of aromatic nitrogens is 3. The van der Waals surface area contributed by atoms with Crippen molar-refractivity contribution in [2.24, 2.45) is 0 Å². The summed E-state index contributed by atoms with van der Waals surface area (Å²) < 4.78 is 6.30. The summed E-state index contributed by atoms with van der Waals surface area (Å²) in [6.45, 7) is 1.10. The molecule has 1 aliphatic carbocycles. The van der Waals surface area contributed by atoms with E-state index in [9.17, 15) is 15.2 Å². The van der Waals surface area contributed by atoms with E-state index in [1.807, 2.05) is 12.1 Å². The predicted octanol–water partition coefficient (Wildman–Crippen LogP) is 3.16. The molecule has 0 radical (unpaired) electrons. The highest BCUT2D eigenvalue weighted by Gasteiger charge is 2.28. The zero-order valence-electron chi connectivity index (χ0n) is 17.2. The van der Waals surface area contributed by atoms with Crippen molar-refractivity contribution in [3.05, 3.63) is 59.4 Å². The molecule has 0 atom stereocenters. The molecule has 1 aromatic carbocycles. The van der Waals surface area contributed by atoms with Crippen LogP contribution < -0.4 is 5.32 Å². The Morgan fingerprint density at radius 1 is 1.29 bits per heavy atom. The van der Waals surface area contributed by atoms with Crippen LogP contribution >= 0.6 is 0 Å². The number of pyridine rings is 1. The summed E-state index contributed by atoms with van der Waals surface area (Å²) in [6.07, 6.45) is 5.94. The number of amides is 1. The lowest BCUT2D eigenvalue weighted by Crippen LogP contribution is -2.25. The molecule has 2 aromatic heterocycles. The van der Waals surface area contributed by atoms with Crippen LogP contribution in [0.15, 0.2) is 42.7 Å². The average molecular weight is 417 g/mol. The minimum Gasteiger partial charge on any atom is -0.493 e. The van der Waals surface area contributed by atoms with Crippen molar-refractivity contribution in [1.82, 2.24) is 20.1 Å². The number of carbonyl (C=O) groups is 1. The minimum atomic E-state index is -0.216. The van der Waals surface area contributed by atoms with Crippen molar-refractivity contribution in [1.29, 1.82) is 5.26 Å². The fourth-order valence-corrected chi connectivity index (χ4v) is 3.48. The number of methoxy groups -OCH3 is 1. The molecule has 1 aliphatic rings. The minimum absolute atomic E-state index is 0.0316. The molecule has 0 aliphatic heterocycles. The van der Waals surface area contributed by atoms with Gasteiger partial charge in [-0.15, -0.1) is 0 Å². The van der Waals surface area contributed by atoms with Gasteiger partial charge in [0.05, 0.1) is 29.0 Å². The zero-order chi connectivity index (χ0) is 21.8. The lowest BCUT2D eigenvalue weighted by molar-refractivity contribution is 0.0948. The number of benzene rings is 1. The SMILES string of the molecule is COCCCNC(=O)c1ccc(-n2ncc(-c3ccc(C#N)cc3C3CC3)c2O)nc1. The van der Waals surface area contributed by atoms with Gasteiger partial charge in [0.1, 0.15) is 0 Å². The highest BCUT2D eigenvalue weighted by Crippen LogP contribution is 2.46. The van der Waals surface area contributed by atoms with E-state index in [2.05, 4.69) is 21.5 Å². The van der Waals surface area contributed by atoms with E-state index in [0.717, 1.165) is 30.4 Å². The number of ether oxygens (including phenoxy) is 1. The largest absolute Gasteiger partial charge is 0.493 e. The second-order valence-electron chi connectivity index (χ2n) is 7.49. The fourth-order valence-electron chi connectivity index (χ4n) is 3.48. The van der Waals surface area contributed by atoms with E-state index >= 15 is 0 Å². The molecule has 0 saturated heterocycles. The Morgan fingerprint density at radius 2 is 2.13 bits per heavy atom. The second kappa shape index (κ2) is 8.98. The number of aromatic hydroxyl groups is 1. The van der Waals surface area contributed by atoms with Crippen LogP contribution in [0.3, 0.4) is 0 Å². The van der Waals surface area contributed by atoms with Crippen molar-refractivity contribution < 1.29 is 14.6 Å². The Kier molecular flexibility index (Phi) is 5.96. The first-order chi connectivity index (χ1) is 15.1. The van der Waals surface area contributed by atoms with Crippen molar-refractivity contribution in [2.45, 2.75) is 25.2 Å². The quantitative estimate of drug-likeness (QED) is 0.545. The molecule has 0 unspecified atom stereocenters. The molecule has 1 saturated carbocycles. The van der Waals surface area contributed by atoms with Gasteiger partial charge in [0.25, 0.3) is 5.91 Å². The molecule has 0 bridgehead atoms. The molecule has 2 N–H and O–H groups in total. The van der Waals surface area contributed by atoms with Gasteiger partial charge in [0.2, 0.25) is 5.88 Å². The third kappa shape index (κ3) is 4.42. The Labute approximate surface area is 180 Å². The van der Waals surface area contributed by atoms with E-state index in [1.54, 1.807) is 31.5 Å². The van der Waals surface area contributed by atoms with Crippen LogP contribution in [-0.4, -0.2) is 46.0 Å². The van der Waals surface area contributed by atoms with Gasteiger partial charge < -0.3 is 15.2 Å². The van der Waals surface area contributed by atoms with Gasteiger partial charge in [-0.2, -0.15) is 15.0 Å². The number of hydrogen-bond donors (Lipinski definition) is 2. The summed E-state index contributed by atoms with van der Waals surface area (Å²) in [6, 6.07) is 11.0. The van der Waals surface area contributed by atoms with Gasteiger partial charge in [-0.05, 0) is 60.6 Å². The molecule has 1 fully saturated rings. The first-order valence-electron chi connectivity index (χ1n) is 10.2. The molecule has 3 aromatic rings. The van der Waals surface area contributed by atoms with Crippen molar-refractivity contribution in [2.75, 3.05) is 20.3 Å². The summed E-state index contributed by atoms with van der Waals surface area (Å²) >= 11 is 0. The molecule has 158 valence electrons. The maximum absolute atomic E-state index is 12.2. The van der Waals surface area contributed by atoms with Crippen LogP contribution in [-0.2, 0) is 4.74 Å². The second-order valence-corrected chi connectivity index (χ2v) is 7.49. The molecule has 4 rings (SSSR count). The Bertz CT molecular complexity index is 1130. The van der Waals surface area contributed by atoms with Gasteiger partial charge >= 0.3 is 0 Å². The summed E-state index contributed by atoms with van der Waals surface area (Å²) in [7, 11) is 1.62. The van der Waals surface area contributed by atoms with Crippen molar-refractivity contribution in [3.63, 3.8) is 0 Å². The number of rotatable bonds is 8. The van der Waals surface area contributed by atoms with E-state index in [-0.39, 0.29) is 11.8 Å². The number of hydrogen-bond acceptors (Lipinski definition) is 6. The van der Waals surface area contributed by atoms with Gasteiger partial charge in [-0.3, -0.25) is 4.79 Å². The first-order valence-corrected chi connectivity index (χ1v) is 10.2. The number of nitrogens with zero attached hydrogens (tertiary/aromatic N) is 4. The Hall–Kier alpha value is -3.70. The Morgan fingerprint density at radius 3 is 2.81 bits per heavy atom. The number of nitrogens with one attached hydrogen (secondary N) is 1. The number of carbonyl (C=O) groups excluding carboxylic acids is 1. The Balaban J connectivity index is 1.55. The van der Waals surface area contributed by atoms with Crippen LogP contribution in [0.4, 0.5) is 0 Å². The van der Waals surface area contributed by atoms with Crippen LogP contribution in [0.25, 0.3) is 16.9 Å². The third-order valence-electron chi connectivity index (χ3n) is 5.27. The van der Waals surface area contributed by atoms with E-state index in [4.69, 9.17) is 4.74 Å². The van der Waals surface area contributed by atoms with Crippen molar-refractivity contribution in [3.8, 4) is 28.9 Å². The molecule has 2 heterocycles. The van der Waals surface area contributed by atoms with Crippen LogP contribution in [0.2, 0.25) is 0 Å². The summed E-state index contributed by atoms with van der Waals surface area (Å²) in [4.78, 5) is 16.5. The molecular weight excluding hydrogens is 394 g/mol. The summed E-state index contributed by atoms with van der Waals surface area (Å²) in [5.41, 5.74) is 3.55. The monoisotopic (exact) mass is 417 g/mol. The van der Waals surface area contributed by atoms with Crippen LogP contribution in [0.5, 0.6) is 5.88 Å². The zero-order valence-corrected chi connectivity index (χ0v) is 17.2. The molecule has 8 heteroatoms. The van der Waals surface area contributed by atoms with Gasteiger partial charge in [-0.1, -0.05) is 6.07 Å². The lowest BCUT2D eigenvalue weighted by atomic mass is 9.96. The summed E-state index contributed by atoms with van der Waals surface area (Å²) in [5, 5.41) is 27.1. The van der Waals surface area contributed by atoms with E-state index in [1.165, 1.54) is 10.9 Å². The standard InChI is InChI=1S/C23H23N5O3/c1-31-10-2-9-25-22(29)17-6-8-21(26-13-17)28-23(30)20(14-27-28)18-7-3-15(12-24)11-19(18)16-4-5-16/h3,6-8,11,13-14,16,30H,2,4-5,9-10H2,1H3,(H,25,29). The molecule has 8 nitrogen and oxygen atoms in total.